The van der Waals surface area contributed by atoms with Crippen LogP contribution >= 0.6 is 11.1 Å². The van der Waals surface area contributed by atoms with Crippen molar-refractivity contribution < 1.29 is 0 Å². The summed E-state index contributed by atoms with van der Waals surface area (Å²) in [6.45, 7) is 3.03. The Morgan fingerprint density at radius 1 is 1.62 bits per heavy atom. The van der Waals surface area contributed by atoms with Gasteiger partial charge in [-0.15, -0.1) is 11.1 Å². The van der Waals surface area contributed by atoms with Gasteiger partial charge in [0.05, 0.1) is 0 Å². The van der Waals surface area contributed by atoms with Crippen LogP contribution in [0.25, 0.3) is 0 Å². The van der Waals surface area contributed by atoms with E-state index in [1.54, 1.807) is 0 Å². The van der Waals surface area contributed by atoms with E-state index in [9.17, 15) is 0 Å². The SMILES string of the molecule is CCN[SiH](Cl)N(C)C. The number of rotatable bonds is 3. The molecule has 0 heterocycles. The molecule has 0 aliphatic rings. The van der Waals surface area contributed by atoms with Crippen LogP contribution in [0, 0.1) is 0 Å². The third-order valence-corrected chi connectivity index (χ3v) is 4.11. The minimum atomic E-state index is -1.22. The number of halogens is 1. The van der Waals surface area contributed by atoms with Gasteiger partial charge in [0.15, 0.2) is 0 Å². The van der Waals surface area contributed by atoms with Crippen LogP contribution in [0.15, 0.2) is 0 Å². The minimum absolute atomic E-state index is 0.971. The van der Waals surface area contributed by atoms with E-state index in [1.807, 2.05) is 18.7 Å². The quantitative estimate of drug-likeness (QED) is 0.457. The summed E-state index contributed by atoms with van der Waals surface area (Å²) in [7, 11) is 2.77. The van der Waals surface area contributed by atoms with Gasteiger partial charge in [-0.25, -0.2) is 0 Å². The summed E-state index contributed by atoms with van der Waals surface area (Å²) in [5.41, 5.74) is 0. The molecule has 0 rings (SSSR count). The van der Waals surface area contributed by atoms with Crippen LogP contribution < -0.4 is 4.98 Å². The third-order valence-electron chi connectivity index (χ3n) is 0.826. The van der Waals surface area contributed by atoms with E-state index >= 15 is 0 Å². The molecule has 0 aliphatic heterocycles. The average Bonchev–Trinajstić information content (AvgIpc) is 1.67. The second-order valence-electron chi connectivity index (χ2n) is 1.86. The first kappa shape index (κ1) is 8.43. The van der Waals surface area contributed by atoms with E-state index in [0.29, 0.717) is 0 Å². The van der Waals surface area contributed by atoms with Crippen LogP contribution in [-0.4, -0.2) is 33.6 Å². The summed E-state index contributed by atoms with van der Waals surface area (Å²) in [5, 5.41) is 0. The Kier molecular flexibility index (Phi) is 4.55. The molecule has 1 unspecified atom stereocenters. The first-order chi connectivity index (χ1) is 3.68. The average molecular weight is 153 g/mol. The molecule has 0 radical (unpaired) electrons. The van der Waals surface area contributed by atoms with E-state index < -0.39 is 8.43 Å². The van der Waals surface area contributed by atoms with Crippen molar-refractivity contribution in [2.45, 2.75) is 6.92 Å². The van der Waals surface area contributed by atoms with Gasteiger partial charge in [0, 0.05) is 0 Å². The Labute approximate surface area is 57.3 Å². The summed E-state index contributed by atoms with van der Waals surface area (Å²) < 4.78 is 2.05. The highest BCUT2D eigenvalue weighted by atomic mass is 35.6. The largest absolute Gasteiger partial charge is 0.316 e. The predicted molar refractivity (Wildman–Crippen MR) is 40.4 cm³/mol. The van der Waals surface area contributed by atoms with Crippen molar-refractivity contribution in [1.82, 2.24) is 9.55 Å². The fourth-order valence-corrected chi connectivity index (χ4v) is 1.52. The smallest absolute Gasteiger partial charge is 0.288 e. The highest BCUT2D eigenvalue weighted by Gasteiger charge is 2.05. The standard InChI is InChI=1S/C4H13ClN2Si/c1-4-6-8(5)7(2)3/h6,8H,4H2,1-3H3. The fourth-order valence-electron chi connectivity index (χ4n) is 0.351. The second-order valence-corrected chi connectivity index (χ2v) is 5.21. The Bertz CT molecular complexity index is 60.0. The Hall–Kier alpha value is 0.427. The molecule has 0 aliphatic carbocycles. The normalized spacial score (nSPS) is 14.6. The molecule has 0 saturated heterocycles. The molecule has 1 N–H and O–H groups in total. The van der Waals surface area contributed by atoms with Crippen molar-refractivity contribution >= 4 is 19.5 Å². The molecule has 4 heteroatoms. The van der Waals surface area contributed by atoms with Crippen LogP contribution in [0.5, 0.6) is 0 Å². The lowest BCUT2D eigenvalue weighted by molar-refractivity contribution is 0.635. The van der Waals surface area contributed by atoms with Gasteiger partial charge in [0.1, 0.15) is 0 Å². The molecule has 0 amide bonds. The Morgan fingerprint density at radius 2 is 2.12 bits per heavy atom. The van der Waals surface area contributed by atoms with Crippen LogP contribution in [0.3, 0.4) is 0 Å². The van der Waals surface area contributed by atoms with Gasteiger partial charge in [-0.05, 0) is 20.6 Å². The van der Waals surface area contributed by atoms with Gasteiger partial charge >= 0.3 is 0 Å². The number of hydrogen-bond acceptors (Lipinski definition) is 2. The molecule has 0 aromatic rings. The van der Waals surface area contributed by atoms with Crippen molar-refractivity contribution in [3.63, 3.8) is 0 Å². The van der Waals surface area contributed by atoms with Crippen molar-refractivity contribution in [2.75, 3.05) is 20.6 Å². The first-order valence-electron chi connectivity index (χ1n) is 2.72. The molecule has 0 aromatic carbocycles. The maximum absolute atomic E-state index is 5.87. The fraction of sp³-hybridized carbons (Fsp3) is 1.00. The summed E-state index contributed by atoms with van der Waals surface area (Å²) in [6, 6.07) is 0. The highest BCUT2D eigenvalue weighted by Crippen LogP contribution is 1.85. The van der Waals surface area contributed by atoms with Gasteiger partial charge in [-0.1, -0.05) is 6.92 Å². The van der Waals surface area contributed by atoms with Gasteiger partial charge < -0.3 is 9.55 Å². The zero-order valence-corrected chi connectivity index (χ0v) is 7.52. The third kappa shape index (κ3) is 3.43. The zero-order chi connectivity index (χ0) is 6.57. The molecule has 50 valence electrons. The van der Waals surface area contributed by atoms with Gasteiger partial charge in [0.25, 0.3) is 8.43 Å². The van der Waals surface area contributed by atoms with Crippen molar-refractivity contribution in [2.24, 2.45) is 0 Å². The minimum Gasteiger partial charge on any atom is -0.316 e. The molecule has 0 fully saturated rings. The number of nitrogens with zero attached hydrogens (tertiary/aromatic N) is 1. The summed E-state index contributed by atoms with van der Waals surface area (Å²) in [6.07, 6.45) is 0. The summed E-state index contributed by atoms with van der Waals surface area (Å²) >= 11 is 5.87. The van der Waals surface area contributed by atoms with Gasteiger partial charge in [-0.2, -0.15) is 0 Å². The molecule has 8 heavy (non-hydrogen) atoms. The maximum atomic E-state index is 5.87. The topological polar surface area (TPSA) is 15.3 Å². The van der Waals surface area contributed by atoms with Crippen LogP contribution in [-0.2, 0) is 0 Å². The second kappa shape index (κ2) is 4.32. The van der Waals surface area contributed by atoms with Gasteiger partial charge in [-0.3, -0.25) is 0 Å². The van der Waals surface area contributed by atoms with Crippen LogP contribution in [0.1, 0.15) is 6.92 Å². The maximum Gasteiger partial charge on any atom is 0.288 e. The van der Waals surface area contributed by atoms with E-state index in [2.05, 4.69) is 11.9 Å². The summed E-state index contributed by atoms with van der Waals surface area (Å²) in [4.78, 5) is 3.18. The van der Waals surface area contributed by atoms with Gasteiger partial charge in [0.2, 0.25) is 0 Å². The lowest BCUT2D eigenvalue weighted by Gasteiger charge is -2.14. The van der Waals surface area contributed by atoms with E-state index in [0.717, 1.165) is 6.54 Å². The molecule has 0 bridgehead atoms. The molecular formula is C4H13ClN2Si. The lowest BCUT2D eigenvalue weighted by Crippen LogP contribution is -2.41. The molecular weight excluding hydrogens is 140 g/mol. The van der Waals surface area contributed by atoms with Crippen molar-refractivity contribution in [3.05, 3.63) is 0 Å². The lowest BCUT2D eigenvalue weighted by atomic mass is 10.8. The molecule has 0 saturated carbocycles. The predicted octanol–water partition coefficient (Wildman–Crippen LogP) is 0.114. The summed E-state index contributed by atoms with van der Waals surface area (Å²) in [5.74, 6) is 0. The molecule has 2 nitrogen and oxygen atoms in total. The molecule has 0 spiro atoms. The zero-order valence-electron chi connectivity index (χ0n) is 5.61. The van der Waals surface area contributed by atoms with Crippen LogP contribution in [0.4, 0.5) is 0 Å². The van der Waals surface area contributed by atoms with Crippen LogP contribution in [0.2, 0.25) is 0 Å². The van der Waals surface area contributed by atoms with E-state index in [-0.39, 0.29) is 0 Å². The monoisotopic (exact) mass is 152 g/mol. The Morgan fingerprint density at radius 3 is 2.25 bits per heavy atom. The van der Waals surface area contributed by atoms with Crippen molar-refractivity contribution in [3.8, 4) is 0 Å². The molecule has 0 aromatic heterocycles. The van der Waals surface area contributed by atoms with E-state index in [1.165, 1.54) is 0 Å². The first-order valence-corrected chi connectivity index (χ1v) is 5.56. The number of nitrogens with one attached hydrogen (secondary N) is 1. The highest BCUT2D eigenvalue weighted by molar-refractivity contribution is 7.03. The Balaban J connectivity index is 3.17. The van der Waals surface area contributed by atoms with E-state index in [4.69, 9.17) is 11.1 Å². The number of hydrogen-bond donors (Lipinski definition) is 1. The van der Waals surface area contributed by atoms with Crippen molar-refractivity contribution in [1.29, 1.82) is 0 Å². The molecule has 1 atom stereocenters.